The Bertz CT molecular complexity index is 529. The van der Waals surface area contributed by atoms with Crippen molar-refractivity contribution in [2.75, 3.05) is 13.7 Å². The van der Waals surface area contributed by atoms with Gasteiger partial charge in [0.05, 0.1) is 6.54 Å². The summed E-state index contributed by atoms with van der Waals surface area (Å²) in [6.07, 6.45) is -2.21. The molecule has 0 aliphatic heterocycles. The second-order valence-corrected chi connectivity index (χ2v) is 5.77. The van der Waals surface area contributed by atoms with Crippen LogP contribution in [0.2, 0.25) is 0 Å². The molecule has 2 unspecified atom stereocenters. The monoisotopic (exact) mass is 329 g/mol. The summed E-state index contributed by atoms with van der Waals surface area (Å²) in [5, 5.41) is 21.8. The van der Waals surface area contributed by atoms with Gasteiger partial charge in [-0.25, -0.2) is 8.78 Å². The van der Waals surface area contributed by atoms with Gasteiger partial charge in [0, 0.05) is 7.11 Å². The Morgan fingerprint density at radius 1 is 1.35 bits per heavy atom. The number of methoxy groups -OCH3 is 1. The fourth-order valence-corrected chi connectivity index (χ4v) is 2.66. The molecule has 128 valence electrons. The van der Waals surface area contributed by atoms with Gasteiger partial charge in [0.1, 0.15) is 11.7 Å². The first-order valence-electron chi connectivity index (χ1n) is 7.45. The molecule has 1 fully saturated rings. The molecule has 23 heavy (non-hydrogen) atoms. The lowest BCUT2D eigenvalue weighted by molar-refractivity contribution is -0.229. The fourth-order valence-electron chi connectivity index (χ4n) is 2.66. The minimum absolute atomic E-state index is 0.224. The zero-order valence-electron chi connectivity index (χ0n) is 12.8. The molecular weight excluding hydrogens is 308 g/mol. The van der Waals surface area contributed by atoms with Gasteiger partial charge in [-0.3, -0.25) is 4.79 Å². The standard InChI is InChI=1S/C16H21F2NO4/c1-23-15(8-5-9-15)16(17,18)10-19-14(22)13(21)12(20)11-6-3-2-4-7-11/h2-4,6-7,12-13,20-21H,5,8-10H2,1H3,(H,19,22). The molecule has 2 rings (SSSR count). The minimum Gasteiger partial charge on any atom is -0.385 e. The Balaban J connectivity index is 1.94. The van der Waals surface area contributed by atoms with Gasteiger partial charge in [-0.1, -0.05) is 30.3 Å². The van der Waals surface area contributed by atoms with Crippen LogP contribution in [0.25, 0.3) is 0 Å². The van der Waals surface area contributed by atoms with Crippen molar-refractivity contribution >= 4 is 5.91 Å². The van der Waals surface area contributed by atoms with Crippen LogP contribution in [0.15, 0.2) is 30.3 Å². The summed E-state index contributed by atoms with van der Waals surface area (Å²) in [6, 6.07) is 8.05. The number of nitrogens with one attached hydrogen (secondary N) is 1. The van der Waals surface area contributed by atoms with Crippen molar-refractivity contribution in [1.82, 2.24) is 5.32 Å². The highest BCUT2D eigenvalue weighted by Gasteiger charge is 2.57. The van der Waals surface area contributed by atoms with E-state index in [9.17, 15) is 23.8 Å². The molecule has 0 radical (unpaired) electrons. The Morgan fingerprint density at radius 3 is 2.43 bits per heavy atom. The Kier molecular flexibility index (Phi) is 5.33. The van der Waals surface area contributed by atoms with E-state index in [1.807, 2.05) is 5.32 Å². The Hall–Kier alpha value is -1.57. The number of hydrogen-bond donors (Lipinski definition) is 3. The topological polar surface area (TPSA) is 78.8 Å². The number of carbonyl (C=O) groups is 1. The number of halogens is 2. The van der Waals surface area contributed by atoms with E-state index in [2.05, 4.69) is 0 Å². The molecule has 1 aromatic rings. The molecule has 0 bridgehead atoms. The molecule has 1 saturated carbocycles. The quantitative estimate of drug-likeness (QED) is 0.707. The van der Waals surface area contributed by atoms with E-state index >= 15 is 0 Å². The minimum atomic E-state index is -3.24. The summed E-state index contributed by atoms with van der Waals surface area (Å²) in [6.45, 7) is -0.946. The molecule has 0 heterocycles. The summed E-state index contributed by atoms with van der Waals surface area (Å²) < 4.78 is 33.3. The third kappa shape index (κ3) is 3.52. The number of rotatable bonds is 7. The predicted molar refractivity (Wildman–Crippen MR) is 79.0 cm³/mol. The normalized spacial score (nSPS) is 19.5. The van der Waals surface area contributed by atoms with Gasteiger partial charge >= 0.3 is 0 Å². The first-order valence-corrected chi connectivity index (χ1v) is 7.45. The average molecular weight is 329 g/mol. The van der Waals surface area contributed by atoms with Crippen molar-refractivity contribution in [2.24, 2.45) is 0 Å². The predicted octanol–water partition coefficient (Wildman–Crippen LogP) is 1.40. The highest BCUT2D eigenvalue weighted by atomic mass is 19.3. The molecule has 0 spiro atoms. The van der Waals surface area contributed by atoms with Crippen LogP contribution in [0.5, 0.6) is 0 Å². The second-order valence-electron chi connectivity index (χ2n) is 5.77. The molecular formula is C16H21F2NO4. The van der Waals surface area contributed by atoms with E-state index in [0.29, 0.717) is 12.0 Å². The summed E-state index contributed by atoms with van der Waals surface area (Å²) in [7, 11) is 1.23. The van der Waals surface area contributed by atoms with Crippen molar-refractivity contribution in [1.29, 1.82) is 0 Å². The molecule has 0 saturated heterocycles. The van der Waals surface area contributed by atoms with Crippen LogP contribution >= 0.6 is 0 Å². The maximum atomic E-state index is 14.2. The van der Waals surface area contributed by atoms with Gasteiger partial charge in [0.25, 0.3) is 11.8 Å². The summed E-state index contributed by atoms with van der Waals surface area (Å²) in [4.78, 5) is 11.8. The number of aliphatic hydroxyl groups excluding tert-OH is 2. The maximum Gasteiger partial charge on any atom is 0.293 e. The third-order valence-corrected chi connectivity index (χ3v) is 4.41. The van der Waals surface area contributed by atoms with Gasteiger partial charge < -0.3 is 20.3 Å². The van der Waals surface area contributed by atoms with Gasteiger partial charge in [-0.2, -0.15) is 0 Å². The van der Waals surface area contributed by atoms with E-state index < -0.39 is 36.2 Å². The highest BCUT2D eigenvalue weighted by molar-refractivity contribution is 5.81. The molecule has 3 N–H and O–H groups in total. The number of carbonyl (C=O) groups excluding carboxylic acids is 1. The Morgan fingerprint density at radius 2 is 1.96 bits per heavy atom. The number of aliphatic hydroxyl groups is 2. The largest absolute Gasteiger partial charge is 0.385 e. The van der Waals surface area contributed by atoms with Crippen LogP contribution in [-0.2, 0) is 9.53 Å². The first kappa shape index (κ1) is 17.8. The summed E-state index contributed by atoms with van der Waals surface area (Å²) in [5.74, 6) is -4.29. The molecule has 1 aromatic carbocycles. The van der Waals surface area contributed by atoms with Crippen molar-refractivity contribution in [3.8, 4) is 0 Å². The van der Waals surface area contributed by atoms with Crippen molar-refractivity contribution in [3.05, 3.63) is 35.9 Å². The number of hydrogen-bond acceptors (Lipinski definition) is 4. The van der Waals surface area contributed by atoms with Gasteiger partial charge in [-0.15, -0.1) is 0 Å². The van der Waals surface area contributed by atoms with Crippen LogP contribution in [0.1, 0.15) is 30.9 Å². The lowest BCUT2D eigenvalue weighted by Crippen LogP contribution is -2.60. The molecule has 1 aliphatic carbocycles. The maximum absolute atomic E-state index is 14.2. The highest BCUT2D eigenvalue weighted by Crippen LogP contribution is 2.46. The van der Waals surface area contributed by atoms with E-state index in [4.69, 9.17) is 4.74 Å². The van der Waals surface area contributed by atoms with E-state index in [1.165, 1.54) is 19.2 Å². The van der Waals surface area contributed by atoms with Crippen molar-refractivity contribution in [3.63, 3.8) is 0 Å². The number of alkyl halides is 2. The number of ether oxygens (including phenoxy) is 1. The van der Waals surface area contributed by atoms with Crippen molar-refractivity contribution < 1.29 is 28.5 Å². The molecule has 2 atom stereocenters. The zero-order valence-corrected chi connectivity index (χ0v) is 12.8. The fraction of sp³-hybridized carbons (Fsp3) is 0.562. The molecule has 1 aliphatic rings. The van der Waals surface area contributed by atoms with Crippen LogP contribution in [0.3, 0.4) is 0 Å². The number of benzene rings is 1. The SMILES string of the molecule is COC1(C(F)(F)CNC(=O)C(O)C(O)c2ccccc2)CCC1. The van der Waals surface area contributed by atoms with Gasteiger partial charge in [0.2, 0.25) is 0 Å². The smallest absolute Gasteiger partial charge is 0.293 e. The zero-order chi connectivity index (χ0) is 17.1. The summed E-state index contributed by atoms with van der Waals surface area (Å²) in [5.41, 5.74) is -1.22. The van der Waals surface area contributed by atoms with Gasteiger partial charge in [-0.05, 0) is 24.8 Å². The lowest BCUT2D eigenvalue weighted by atomic mass is 9.75. The van der Waals surface area contributed by atoms with Gasteiger partial charge in [0.15, 0.2) is 6.10 Å². The molecule has 5 nitrogen and oxygen atoms in total. The average Bonchev–Trinajstić information content (AvgIpc) is 2.51. The van der Waals surface area contributed by atoms with Crippen LogP contribution in [0.4, 0.5) is 8.78 Å². The second kappa shape index (κ2) is 6.90. The van der Waals surface area contributed by atoms with Crippen molar-refractivity contribution in [2.45, 2.75) is 43.0 Å². The van der Waals surface area contributed by atoms with E-state index in [1.54, 1.807) is 18.2 Å². The first-order chi connectivity index (χ1) is 10.8. The molecule has 0 aromatic heterocycles. The molecule has 7 heteroatoms. The van der Waals surface area contributed by atoms with Crippen LogP contribution in [0, 0.1) is 0 Å². The van der Waals surface area contributed by atoms with E-state index in [0.717, 1.165) is 0 Å². The summed E-state index contributed by atoms with van der Waals surface area (Å²) >= 11 is 0. The van der Waals surface area contributed by atoms with Crippen LogP contribution in [-0.4, -0.2) is 47.4 Å². The third-order valence-electron chi connectivity index (χ3n) is 4.41. The lowest BCUT2D eigenvalue weighted by Gasteiger charge is -2.45. The molecule has 1 amide bonds. The van der Waals surface area contributed by atoms with E-state index in [-0.39, 0.29) is 12.8 Å². The van der Waals surface area contributed by atoms with Crippen LogP contribution < -0.4 is 5.32 Å². The number of amides is 1. The Labute approximate surface area is 133 Å².